The summed E-state index contributed by atoms with van der Waals surface area (Å²) in [4.78, 5) is 19.6. The molecule has 0 amide bonds. The van der Waals surface area contributed by atoms with Gasteiger partial charge < -0.3 is 35.7 Å². The first-order valence-corrected chi connectivity index (χ1v) is 7.78. The number of carbonyl (C=O) groups excluding carboxylic acids is 1. The van der Waals surface area contributed by atoms with Crippen LogP contribution in [0.15, 0.2) is 12.5 Å². The smallest absolute Gasteiger partial charge is 0.303 e. The molecule has 134 valence electrons. The number of aromatic nitrogens is 3. The van der Waals surface area contributed by atoms with Gasteiger partial charge in [0.25, 0.3) is 0 Å². The van der Waals surface area contributed by atoms with E-state index >= 15 is 0 Å². The van der Waals surface area contributed by atoms with E-state index in [0.29, 0.717) is 16.6 Å². The number of hydrogen-bond acceptors (Lipinski definition) is 9. The molecule has 0 bridgehead atoms. The van der Waals surface area contributed by atoms with E-state index in [2.05, 4.69) is 9.97 Å². The van der Waals surface area contributed by atoms with Crippen LogP contribution in [0.25, 0.3) is 11.0 Å². The fraction of sp³-hybridized carbons (Fsp3) is 0.429. The quantitative estimate of drug-likeness (QED) is 0.383. The minimum atomic E-state index is -1.22. The predicted octanol–water partition coefficient (Wildman–Crippen LogP) is -1.17. The maximum atomic E-state index is 11.4. The number of thiocarbonyl (C=S) groups is 1. The number of nitrogens with two attached hydrogens (primary N) is 2. The number of aliphatic hydroxyl groups excluding tert-OH is 2. The zero-order valence-electron chi connectivity index (χ0n) is 13.2. The van der Waals surface area contributed by atoms with Crippen LogP contribution >= 0.6 is 12.2 Å². The van der Waals surface area contributed by atoms with E-state index in [-0.39, 0.29) is 10.8 Å². The molecule has 25 heavy (non-hydrogen) atoms. The number of nitrogens with zero attached hydrogens (tertiary/aromatic N) is 3. The van der Waals surface area contributed by atoms with Crippen LogP contribution in [0, 0.1) is 0 Å². The fourth-order valence-electron chi connectivity index (χ4n) is 2.90. The lowest BCUT2D eigenvalue weighted by molar-refractivity contribution is -0.155. The normalized spacial score (nSPS) is 26.0. The second-order valence-electron chi connectivity index (χ2n) is 5.58. The van der Waals surface area contributed by atoms with Crippen molar-refractivity contribution < 1.29 is 24.5 Å². The molecule has 0 radical (unpaired) electrons. The summed E-state index contributed by atoms with van der Waals surface area (Å²) in [6.07, 6.45) is -1.35. The molecule has 2 aromatic rings. The Morgan fingerprint density at radius 2 is 2.24 bits per heavy atom. The molecule has 2 aromatic heterocycles. The van der Waals surface area contributed by atoms with Crippen molar-refractivity contribution in [3.63, 3.8) is 0 Å². The number of anilines is 1. The van der Waals surface area contributed by atoms with Crippen LogP contribution in [0.4, 0.5) is 5.82 Å². The van der Waals surface area contributed by atoms with E-state index in [4.69, 9.17) is 33.2 Å². The minimum absolute atomic E-state index is 0.0755. The molecule has 4 atom stereocenters. The summed E-state index contributed by atoms with van der Waals surface area (Å²) in [6.45, 7) is 0.762. The van der Waals surface area contributed by atoms with Gasteiger partial charge in [-0.05, 0) is 0 Å². The molecule has 0 spiro atoms. The number of carbonyl (C=O) groups is 1. The summed E-state index contributed by atoms with van der Waals surface area (Å²) >= 11 is 5.04. The second kappa shape index (κ2) is 6.52. The highest BCUT2D eigenvalue weighted by molar-refractivity contribution is 7.80. The number of esters is 1. The molecule has 1 saturated heterocycles. The van der Waals surface area contributed by atoms with Crippen molar-refractivity contribution in [1.29, 1.82) is 0 Å². The second-order valence-corrected chi connectivity index (χ2v) is 6.02. The highest BCUT2D eigenvalue weighted by atomic mass is 32.1. The number of hydrogen-bond donors (Lipinski definition) is 4. The Hall–Kier alpha value is -2.34. The first-order valence-electron chi connectivity index (χ1n) is 7.37. The predicted molar refractivity (Wildman–Crippen MR) is 90.4 cm³/mol. The van der Waals surface area contributed by atoms with Gasteiger partial charge in [-0.2, -0.15) is 0 Å². The van der Waals surface area contributed by atoms with Crippen molar-refractivity contribution >= 4 is 40.0 Å². The van der Waals surface area contributed by atoms with Gasteiger partial charge in [-0.15, -0.1) is 0 Å². The molecule has 10 nitrogen and oxygen atoms in total. The van der Waals surface area contributed by atoms with Crippen molar-refractivity contribution in [2.24, 2.45) is 5.73 Å². The average molecular weight is 367 g/mol. The molecule has 0 aromatic carbocycles. The first-order chi connectivity index (χ1) is 11.8. The van der Waals surface area contributed by atoms with E-state index in [0.717, 1.165) is 0 Å². The Morgan fingerprint density at radius 3 is 2.84 bits per heavy atom. The van der Waals surface area contributed by atoms with Crippen LogP contribution < -0.4 is 11.5 Å². The zero-order valence-corrected chi connectivity index (χ0v) is 14.0. The molecule has 6 N–H and O–H groups in total. The van der Waals surface area contributed by atoms with Gasteiger partial charge in [0.1, 0.15) is 35.0 Å². The van der Waals surface area contributed by atoms with Crippen molar-refractivity contribution in [2.75, 3.05) is 12.3 Å². The van der Waals surface area contributed by atoms with E-state index in [1.165, 1.54) is 17.8 Å². The third kappa shape index (κ3) is 2.91. The summed E-state index contributed by atoms with van der Waals surface area (Å²) in [5.41, 5.74) is 12.4. The summed E-state index contributed by atoms with van der Waals surface area (Å²) in [5, 5.41) is 20.1. The van der Waals surface area contributed by atoms with Crippen LogP contribution in [-0.2, 0) is 14.3 Å². The lowest BCUT2D eigenvalue weighted by Crippen LogP contribution is -2.36. The summed E-state index contributed by atoms with van der Waals surface area (Å²) in [7, 11) is 0. The number of fused-ring (bicyclic) bond motifs is 1. The Kier molecular flexibility index (Phi) is 4.56. The van der Waals surface area contributed by atoms with E-state index in [1.807, 2.05) is 0 Å². The summed E-state index contributed by atoms with van der Waals surface area (Å²) < 4.78 is 12.4. The molecule has 1 fully saturated rings. The standard InChI is InChI=1S/C14H17N5O5S/c1-5(21)23-10-9(22)7(3-20)24-14(10)19-2-6(12(16)25)8-11(15)17-4-18-13(8)19/h2,4,7,9-10,14,20,22H,3H2,1H3,(H2,16,25)(H2,15,17,18). The third-order valence-electron chi connectivity index (χ3n) is 3.97. The Balaban J connectivity index is 2.15. The highest BCUT2D eigenvalue weighted by Crippen LogP contribution is 2.36. The minimum Gasteiger partial charge on any atom is -0.455 e. The van der Waals surface area contributed by atoms with Crippen LogP contribution in [0.5, 0.6) is 0 Å². The summed E-state index contributed by atoms with van der Waals surface area (Å²) in [6, 6.07) is 0. The third-order valence-corrected chi connectivity index (χ3v) is 4.19. The maximum absolute atomic E-state index is 11.4. The van der Waals surface area contributed by atoms with E-state index < -0.39 is 37.1 Å². The fourth-order valence-corrected chi connectivity index (χ4v) is 3.06. The maximum Gasteiger partial charge on any atom is 0.303 e. The summed E-state index contributed by atoms with van der Waals surface area (Å²) in [5.74, 6) is -0.427. The van der Waals surface area contributed by atoms with Gasteiger partial charge in [0.05, 0.1) is 12.0 Å². The molecule has 0 saturated carbocycles. The molecular formula is C14H17N5O5S. The van der Waals surface area contributed by atoms with Crippen molar-refractivity contribution in [3.05, 3.63) is 18.1 Å². The lowest BCUT2D eigenvalue weighted by atomic mass is 10.1. The molecule has 1 aliphatic heterocycles. The Morgan fingerprint density at radius 1 is 1.52 bits per heavy atom. The topological polar surface area (TPSA) is 159 Å². The molecule has 11 heteroatoms. The monoisotopic (exact) mass is 367 g/mol. The number of aliphatic hydroxyl groups is 2. The average Bonchev–Trinajstić information content (AvgIpc) is 3.07. The molecule has 3 heterocycles. The van der Waals surface area contributed by atoms with Gasteiger partial charge >= 0.3 is 5.97 Å². The number of ether oxygens (including phenoxy) is 2. The Bertz CT molecular complexity index is 840. The van der Waals surface area contributed by atoms with Crippen LogP contribution in [0.2, 0.25) is 0 Å². The molecular weight excluding hydrogens is 350 g/mol. The molecule has 4 unspecified atom stereocenters. The van der Waals surface area contributed by atoms with Gasteiger partial charge in [-0.1, -0.05) is 12.2 Å². The number of rotatable bonds is 4. The van der Waals surface area contributed by atoms with Crippen molar-refractivity contribution in [3.8, 4) is 0 Å². The van der Waals surface area contributed by atoms with Crippen molar-refractivity contribution in [2.45, 2.75) is 31.5 Å². The van der Waals surface area contributed by atoms with Gasteiger partial charge in [0.15, 0.2) is 12.3 Å². The lowest BCUT2D eigenvalue weighted by Gasteiger charge is -2.21. The molecule has 1 aliphatic rings. The largest absolute Gasteiger partial charge is 0.455 e. The molecule has 0 aliphatic carbocycles. The zero-order chi connectivity index (χ0) is 18.3. The van der Waals surface area contributed by atoms with E-state index in [9.17, 15) is 15.0 Å². The van der Waals surface area contributed by atoms with Crippen LogP contribution in [0.1, 0.15) is 18.7 Å². The van der Waals surface area contributed by atoms with Crippen LogP contribution in [0.3, 0.4) is 0 Å². The van der Waals surface area contributed by atoms with Gasteiger partial charge in [-0.25, -0.2) is 9.97 Å². The SMILES string of the molecule is CC(=O)OC1C(O)C(CO)OC1n1cc(C(N)=S)c2c(N)ncnc21. The van der Waals surface area contributed by atoms with Crippen molar-refractivity contribution in [1.82, 2.24) is 14.5 Å². The van der Waals surface area contributed by atoms with E-state index in [1.54, 1.807) is 6.20 Å². The van der Waals surface area contributed by atoms with Crippen LogP contribution in [-0.4, -0.2) is 60.6 Å². The molecule has 3 rings (SSSR count). The first kappa shape index (κ1) is 17.5. The van der Waals surface area contributed by atoms with Gasteiger partial charge in [-0.3, -0.25) is 4.79 Å². The number of nitrogen functional groups attached to an aromatic ring is 1. The van der Waals surface area contributed by atoms with Gasteiger partial charge in [0, 0.05) is 18.7 Å². The Labute approximate surface area is 147 Å². The van der Waals surface area contributed by atoms with Gasteiger partial charge in [0.2, 0.25) is 0 Å². The highest BCUT2D eigenvalue weighted by Gasteiger charge is 2.47.